The fraction of sp³-hybridized carbons (Fsp3) is 0.133. The van der Waals surface area contributed by atoms with Crippen LogP contribution in [0.15, 0.2) is 95.2 Å². The van der Waals surface area contributed by atoms with Crippen molar-refractivity contribution in [1.29, 1.82) is 0 Å². The van der Waals surface area contributed by atoms with Gasteiger partial charge in [0, 0.05) is 16.8 Å². The number of nitrogens with one attached hydrogen (secondary N) is 2. The normalized spacial score (nSPS) is 10.9. The molecule has 6 heteroatoms. The predicted octanol–water partition coefficient (Wildman–Crippen LogP) is 7.84. The quantitative estimate of drug-likeness (QED) is 0.278. The van der Waals surface area contributed by atoms with Crippen LogP contribution in [0.25, 0.3) is 0 Å². The van der Waals surface area contributed by atoms with Gasteiger partial charge in [-0.15, -0.1) is 5.11 Å². The Bertz CT molecular complexity index is 1460. The van der Waals surface area contributed by atoms with Crippen molar-refractivity contribution in [3.8, 4) is 0 Å². The zero-order chi connectivity index (χ0) is 25.7. The molecule has 2 N–H and O–H groups in total. The smallest absolute Gasteiger partial charge is 0.255 e. The van der Waals surface area contributed by atoms with E-state index in [2.05, 4.69) is 20.9 Å². The van der Waals surface area contributed by atoms with Gasteiger partial charge in [0.2, 0.25) is 0 Å². The Hall–Kier alpha value is -4.58. The van der Waals surface area contributed by atoms with E-state index in [0.29, 0.717) is 33.9 Å². The van der Waals surface area contributed by atoms with Crippen molar-refractivity contribution in [2.24, 2.45) is 10.2 Å². The van der Waals surface area contributed by atoms with E-state index in [-0.39, 0.29) is 11.8 Å². The molecule has 180 valence electrons. The fourth-order valence-electron chi connectivity index (χ4n) is 3.57. The van der Waals surface area contributed by atoms with Crippen LogP contribution in [0.3, 0.4) is 0 Å². The van der Waals surface area contributed by atoms with Crippen LogP contribution < -0.4 is 10.6 Å². The number of carbonyl (C=O) groups is 2. The van der Waals surface area contributed by atoms with Crippen molar-refractivity contribution < 1.29 is 9.59 Å². The third kappa shape index (κ3) is 5.91. The first-order chi connectivity index (χ1) is 17.3. The number of amides is 2. The molecule has 36 heavy (non-hydrogen) atoms. The van der Waals surface area contributed by atoms with Crippen molar-refractivity contribution in [1.82, 2.24) is 0 Å². The molecule has 0 aliphatic rings. The summed E-state index contributed by atoms with van der Waals surface area (Å²) in [6.45, 7) is 7.94. The van der Waals surface area contributed by atoms with Crippen molar-refractivity contribution >= 4 is 34.6 Å². The van der Waals surface area contributed by atoms with Crippen LogP contribution in [0.5, 0.6) is 0 Å². The SMILES string of the molecule is Cc1ccc(C(=O)Nc2ccc(N=Nc3ccccc3)c(NC(=O)c3ccc(C)c(C)c3)c2)cc1C. The average Bonchev–Trinajstić information content (AvgIpc) is 2.87. The Labute approximate surface area is 211 Å². The minimum Gasteiger partial charge on any atom is -0.322 e. The maximum absolute atomic E-state index is 13.1. The Morgan fingerprint density at radius 3 is 1.75 bits per heavy atom. The summed E-state index contributed by atoms with van der Waals surface area (Å²) in [5, 5.41) is 14.5. The summed E-state index contributed by atoms with van der Waals surface area (Å²) < 4.78 is 0. The summed E-state index contributed by atoms with van der Waals surface area (Å²) in [6.07, 6.45) is 0. The average molecular weight is 477 g/mol. The molecule has 4 rings (SSSR count). The fourth-order valence-corrected chi connectivity index (χ4v) is 3.57. The molecule has 4 aromatic carbocycles. The maximum atomic E-state index is 13.1. The molecule has 4 aromatic rings. The van der Waals surface area contributed by atoms with E-state index in [9.17, 15) is 9.59 Å². The van der Waals surface area contributed by atoms with Crippen molar-refractivity contribution in [3.05, 3.63) is 118 Å². The maximum Gasteiger partial charge on any atom is 0.255 e. The van der Waals surface area contributed by atoms with Crippen molar-refractivity contribution in [2.75, 3.05) is 10.6 Å². The van der Waals surface area contributed by atoms with E-state index in [1.54, 1.807) is 30.3 Å². The Kier molecular flexibility index (Phi) is 7.35. The first-order valence-corrected chi connectivity index (χ1v) is 11.7. The van der Waals surface area contributed by atoms with E-state index in [4.69, 9.17) is 0 Å². The molecule has 0 aliphatic carbocycles. The molecule has 0 unspecified atom stereocenters. The molecule has 0 bridgehead atoms. The first kappa shape index (κ1) is 24.5. The summed E-state index contributed by atoms with van der Waals surface area (Å²) in [5.74, 6) is -0.505. The summed E-state index contributed by atoms with van der Waals surface area (Å²) in [5.41, 5.74) is 7.54. The van der Waals surface area contributed by atoms with Crippen LogP contribution >= 0.6 is 0 Å². The zero-order valence-corrected chi connectivity index (χ0v) is 20.8. The van der Waals surface area contributed by atoms with E-state index in [0.717, 1.165) is 22.3 Å². The minimum absolute atomic E-state index is 0.233. The minimum atomic E-state index is -0.271. The number of carbonyl (C=O) groups excluding carboxylic acids is 2. The van der Waals surface area contributed by atoms with E-state index in [1.165, 1.54) is 0 Å². The number of aryl methyl sites for hydroxylation is 4. The number of hydrogen-bond donors (Lipinski definition) is 2. The van der Waals surface area contributed by atoms with Crippen molar-refractivity contribution in [3.63, 3.8) is 0 Å². The summed E-state index contributed by atoms with van der Waals surface area (Å²) in [6, 6.07) is 25.6. The first-order valence-electron chi connectivity index (χ1n) is 11.7. The van der Waals surface area contributed by atoms with Crippen LogP contribution in [0.1, 0.15) is 43.0 Å². The Morgan fingerprint density at radius 1 is 0.583 bits per heavy atom. The second-order valence-electron chi connectivity index (χ2n) is 8.77. The summed E-state index contributed by atoms with van der Waals surface area (Å²) >= 11 is 0. The van der Waals surface area contributed by atoms with Gasteiger partial charge in [0.15, 0.2) is 0 Å². The van der Waals surface area contributed by atoms with Gasteiger partial charge in [-0.05, 0) is 105 Å². The van der Waals surface area contributed by atoms with Crippen LogP contribution in [-0.2, 0) is 0 Å². The third-order valence-corrected chi connectivity index (χ3v) is 6.07. The number of nitrogens with zero attached hydrogens (tertiary/aromatic N) is 2. The molecular weight excluding hydrogens is 448 g/mol. The van der Waals surface area contributed by atoms with Crippen LogP contribution in [0.4, 0.5) is 22.7 Å². The lowest BCUT2D eigenvalue weighted by molar-refractivity contribution is 0.101. The second kappa shape index (κ2) is 10.8. The number of azo groups is 1. The highest BCUT2D eigenvalue weighted by Gasteiger charge is 2.13. The predicted molar refractivity (Wildman–Crippen MR) is 145 cm³/mol. The largest absolute Gasteiger partial charge is 0.322 e. The molecular formula is C30H28N4O2. The summed E-state index contributed by atoms with van der Waals surface area (Å²) in [4.78, 5) is 25.9. The van der Waals surface area contributed by atoms with Gasteiger partial charge >= 0.3 is 0 Å². The lowest BCUT2D eigenvalue weighted by Gasteiger charge is -2.12. The Balaban J connectivity index is 1.64. The van der Waals surface area contributed by atoms with Crippen LogP contribution in [0, 0.1) is 27.7 Å². The zero-order valence-electron chi connectivity index (χ0n) is 20.8. The van der Waals surface area contributed by atoms with Gasteiger partial charge in [0.25, 0.3) is 11.8 Å². The van der Waals surface area contributed by atoms with Gasteiger partial charge in [0.1, 0.15) is 5.69 Å². The van der Waals surface area contributed by atoms with Gasteiger partial charge in [-0.3, -0.25) is 9.59 Å². The van der Waals surface area contributed by atoms with Gasteiger partial charge in [-0.1, -0.05) is 30.3 Å². The second-order valence-corrected chi connectivity index (χ2v) is 8.77. The molecule has 0 saturated carbocycles. The number of anilines is 2. The number of benzene rings is 4. The van der Waals surface area contributed by atoms with Gasteiger partial charge in [-0.25, -0.2) is 0 Å². The molecule has 0 atom stereocenters. The molecule has 0 heterocycles. The van der Waals surface area contributed by atoms with E-state index in [1.807, 2.05) is 82.3 Å². The molecule has 6 nitrogen and oxygen atoms in total. The highest BCUT2D eigenvalue weighted by molar-refractivity contribution is 6.07. The molecule has 0 saturated heterocycles. The van der Waals surface area contributed by atoms with Gasteiger partial charge in [-0.2, -0.15) is 5.11 Å². The lowest BCUT2D eigenvalue weighted by Crippen LogP contribution is -2.14. The summed E-state index contributed by atoms with van der Waals surface area (Å²) in [7, 11) is 0. The number of rotatable bonds is 6. The number of hydrogen-bond acceptors (Lipinski definition) is 4. The van der Waals surface area contributed by atoms with E-state index < -0.39 is 0 Å². The Morgan fingerprint density at radius 2 is 1.17 bits per heavy atom. The van der Waals surface area contributed by atoms with Gasteiger partial charge < -0.3 is 10.6 Å². The molecule has 0 aromatic heterocycles. The monoisotopic (exact) mass is 476 g/mol. The van der Waals surface area contributed by atoms with Crippen LogP contribution in [-0.4, -0.2) is 11.8 Å². The topological polar surface area (TPSA) is 82.9 Å². The lowest BCUT2D eigenvalue weighted by atomic mass is 10.1. The highest BCUT2D eigenvalue weighted by Crippen LogP contribution is 2.31. The van der Waals surface area contributed by atoms with Crippen molar-refractivity contribution in [2.45, 2.75) is 27.7 Å². The molecule has 0 radical (unpaired) electrons. The van der Waals surface area contributed by atoms with E-state index >= 15 is 0 Å². The molecule has 2 amide bonds. The molecule has 0 spiro atoms. The molecule has 0 fully saturated rings. The van der Waals surface area contributed by atoms with Gasteiger partial charge in [0.05, 0.1) is 11.4 Å². The highest BCUT2D eigenvalue weighted by atomic mass is 16.2. The third-order valence-electron chi connectivity index (χ3n) is 6.07. The standard InChI is InChI=1S/C30H28N4O2/c1-19-10-12-23(16-21(19)3)29(35)31-26-14-15-27(34-33-25-8-6-5-7-9-25)28(18-26)32-30(36)24-13-11-20(2)22(4)17-24/h5-18H,1-4H3,(H,31,35)(H,32,36). The molecule has 0 aliphatic heterocycles. The van der Waals surface area contributed by atoms with Crippen LogP contribution in [0.2, 0.25) is 0 Å².